The van der Waals surface area contributed by atoms with E-state index in [1.54, 1.807) is 6.20 Å². The summed E-state index contributed by atoms with van der Waals surface area (Å²) in [7, 11) is 0. The van der Waals surface area contributed by atoms with E-state index in [9.17, 15) is 4.79 Å². The number of rotatable bonds is 7. The van der Waals surface area contributed by atoms with E-state index >= 15 is 0 Å². The zero-order valence-electron chi connectivity index (χ0n) is 14.1. The lowest BCUT2D eigenvalue weighted by atomic mass is 10.1. The van der Waals surface area contributed by atoms with Crippen LogP contribution in [0.5, 0.6) is 0 Å². The number of piperidine rings is 1. The normalized spacial score (nSPS) is 19.2. The van der Waals surface area contributed by atoms with E-state index < -0.39 is 0 Å². The number of hydrogen-bond donors (Lipinski definition) is 2. The second-order valence-corrected chi connectivity index (χ2v) is 6.45. The smallest absolute Gasteiger partial charge is 0.273 e. The molecule has 3 rings (SSSR count). The largest absolute Gasteiger partial charge is 0.378 e. The average Bonchev–Trinajstić information content (AvgIpc) is 3.27. The molecule has 1 aromatic heterocycles. The molecular formula is C16H28ClN5O2. The van der Waals surface area contributed by atoms with Crippen molar-refractivity contribution in [3.63, 3.8) is 0 Å². The van der Waals surface area contributed by atoms with Crippen LogP contribution in [0.1, 0.15) is 61.5 Å². The predicted octanol–water partition coefficient (Wildman–Crippen LogP) is 1.70. The zero-order chi connectivity index (χ0) is 15.9. The highest BCUT2D eigenvalue weighted by Crippen LogP contribution is 2.20. The van der Waals surface area contributed by atoms with Gasteiger partial charge in [-0.05, 0) is 45.2 Å². The fourth-order valence-corrected chi connectivity index (χ4v) is 3.30. The lowest BCUT2D eigenvalue weighted by molar-refractivity contribution is 0.0565. The number of carbonyl (C=O) groups is 1. The molecule has 0 atom stereocenters. The molecule has 1 aliphatic carbocycles. The first-order chi connectivity index (χ1) is 11.3. The van der Waals surface area contributed by atoms with Crippen LogP contribution in [0.3, 0.4) is 0 Å². The maximum atomic E-state index is 12.1. The molecule has 0 unspecified atom stereocenters. The van der Waals surface area contributed by atoms with Crippen LogP contribution in [0, 0.1) is 0 Å². The van der Waals surface area contributed by atoms with Gasteiger partial charge < -0.3 is 15.4 Å². The number of nitrogens with one attached hydrogen (secondary N) is 2. The highest BCUT2D eigenvalue weighted by atomic mass is 35.5. The molecule has 1 saturated carbocycles. The monoisotopic (exact) mass is 357 g/mol. The molecule has 0 aromatic carbocycles. The number of aromatic nitrogens is 3. The number of amides is 1. The van der Waals surface area contributed by atoms with Crippen molar-refractivity contribution in [2.45, 2.75) is 57.1 Å². The van der Waals surface area contributed by atoms with Gasteiger partial charge in [0.2, 0.25) is 0 Å². The van der Waals surface area contributed by atoms with Gasteiger partial charge in [-0.1, -0.05) is 18.1 Å². The molecule has 2 heterocycles. The first-order valence-corrected chi connectivity index (χ1v) is 8.85. The second kappa shape index (κ2) is 9.96. The van der Waals surface area contributed by atoms with Crippen molar-refractivity contribution in [3.8, 4) is 0 Å². The molecule has 24 heavy (non-hydrogen) atoms. The summed E-state index contributed by atoms with van der Waals surface area (Å²) in [6, 6.07) is 0.352. The Labute approximate surface area is 149 Å². The number of ether oxygens (including phenoxy) is 1. The first-order valence-electron chi connectivity index (χ1n) is 8.85. The molecule has 1 aromatic rings. The van der Waals surface area contributed by atoms with E-state index in [0.29, 0.717) is 31.0 Å². The van der Waals surface area contributed by atoms with Crippen molar-refractivity contribution in [3.05, 3.63) is 11.9 Å². The SMILES string of the molecule is Cl.O=C(NCCCOC1CCCC1)c1cn(C2CCNCC2)nn1. The fraction of sp³-hybridized carbons (Fsp3) is 0.812. The topological polar surface area (TPSA) is 81.1 Å². The fourth-order valence-electron chi connectivity index (χ4n) is 3.30. The standard InChI is InChI=1S/C16H27N5O2.ClH/c22-16(18-8-3-11-23-14-4-1-2-5-14)15-12-21(20-19-15)13-6-9-17-10-7-13;/h12-14,17H,1-11H2,(H,18,22);1H. The van der Waals surface area contributed by atoms with Crippen molar-refractivity contribution in [1.82, 2.24) is 25.6 Å². The summed E-state index contributed by atoms with van der Waals surface area (Å²) >= 11 is 0. The lowest BCUT2D eigenvalue weighted by Gasteiger charge is -2.22. The number of carbonyl (C=O) groups excluding carboxylic acids is 1. The van der Waals surface area contributed by atoms with Gasteiger partial charge in [0.1, 0.15) is 0 Å². The Morgan fingerprint density at radius 1 is 1.29 bits per heavy atom. The van der Waals surface area contributed by atoms with Crippen molar-refractivity contribution in [2.75, 3.05) is 26.2 Å². The maximum absolute atomic E-state index is 12.1. The van der Waals surface area contributed by atoms with E-state index in [4.69, 9.17) is 4.74 Å². The lowest BCUT2D eigenvalue weighted by Crippen LogP contribution is -2.29. The van der Waals surface area contributed by atoms with E-state index in [0.717, 1.165) is 32.4 Å². The first kappa shape index (κ1) is 19.1. The quantitative estimate of drug-likeness (QED) is 0.726. The highest BCUT2D eigenvalue weighted by Gasteiger charge is 2.18. The van der Waals surface area contributed by atoms with Crippen LogP contribution in [0.2, 0.25) is 0 Å². The van der Waals surface area contributed by atoms with Crippen molar-refractivity contribution in [2.24, 2.45) is 0 Å². The van der Waals surface area contributed by atoms with Crippen molar-refractivity contribution in [1.29, 1.82) is 0 Å². The van der Waals surface area contributed by atoms with Gasteiger partial charge in [-0.3, -0.25) is 4.79 Å². The van der Waals surface area contributed by atoms with Crippen LogP contribution in [-0.4, -0.2) is 53.2 Å². The Kier molecular flexibility index (Phi) is 7.94. The Morgan fingerprint density at radius 3 is 2.79 bits per heavy atom. The Balaban J connectivity index is 0.00000208. The van der Waals surface area contributed by atoms with Crippen LogP contribution in [0.4, 0.5) is 0 Å². The van der Waals surface area contributed by atoms with E-state index in [2.05, 4.69) is 20.9 Å². The molecule has 0 radical (unpaired) electrons. The minimum absolute atomic E-state index is 0. The minimum Gasteiger partial charge on any atom is -0.378 e. The van der Waals surface area contributed by atoms with Crippen molar-refractivity contribution < 1.29 is 9.53 Å². The van der Waals surface area contributed by atoms with Crippen LogP contribution >= 0.6 is 12.4 Å². The summed E-state index contributed by atoms with van der Waals surface area (Å²) in [5, 5.41) is 14.3. The molecule has 136 valence electrons. The van der Waals surface area contributed by atoms with Crippen LogP contribution < -0.4 is 10.6 Å². The molecule has 2 fully saturated rings. The average molecular weight is 358 g/mol. The van der Waals surface area contributed by atoms with Crippen LogP contribution in [0.15, 0.2) is 6.20 Å². The molecule has 1 amide bonds. The predicted molar refractivity (Wildman–Crippen MR) is 93.6 cm³/mol. The third kappa shape index (κ3) is 5.43. The summed E-state index contributed by atoms with van der Waals surface area (Å²) in [6.45, 7) is 3.32. The summed E-state index contributed by atoms with van der Waals surface area (Å²) in [6.07, 6.45) is 10.0. The number of nitrogens with zero attached hydrogens (tertiary/aromatic N) is 3. The molecule has 0 spiro atoms. The maximum Gasteiger partial charge on any atom is 0.273 e. The Hall–Kier alpha value is -1.18. The zero-order valence-corrected chi connectivity index (χ0v) is 14.9. The molecule has 2 N–H and O–H groups in total. The van der Waals surface area contributed by atoms with Crippen LogP contribution in [0.25, 0.3) is 0 Å². The summed E-state index contributed by atoms with van der Waals surface area (Å²) < 4.78 is 7.62. The van der Waals surface area contributed by atoms with Gasteiger partial charge in [-0.15, -0.1) is 17.5 Å². The Bertz CT molecular complexity index is 498. The molecule has 1 aliphatic heterocycles. The molecule has 7 nitrogen and oxygen atoms in total. The second-order valence-electron chi connectivity index (χ2n) is 6.45. The van der Waals surface area contributed by atoms with Gasteiger partial charge in [-0.2, -0.15) is 0 Å². The minimum atomic E-state index is -0.147. The third-order valence-electron chi connectivity index (χ3n) is 4.69. The molecular weight excluding hydrogens is 330 g/mol. The molecule has 8 heteroatoms. The third-order valence-corrected chi connectivity index (χ3v) is 4.69. The van der Waals surface area contributed by atoms with Gasteiger partial charge in [0.25, 0.3) is 5.91 Å². The summed E-state index contributed by atoms with van der Waals surface area (Å²) in [5.41, 5.74) is 0.403. The van der Waals surface area contributed by atoms with Crippen LogP contribution in [-0.2, 0) is 4.74 Å². The molecule has 0 bridgehead atoms. The van der Waals surface area contributed by atoms with Gasteiger partial charge in [0.15, 0.2) is 5.69 Å². The highest BCUT2D eigenvalue weighted by molar-refractivity contribution is 5.91. The number of hydrogen-bond acceptors (Lipinski definition) is 5. The molecule has 2 aliphatic rings. The van der Waals surface area contributed by atoms with E-state index in [1.165, 1.54) is 25.7 Å². The van der Waals surface area contributed by atoms with Crippen molar-refractivity contribution >= 4 is 18.3 Å². The van der Waals surface area contributed by atoms with E-state index in [1.807, 2.05) is 4.68 Å². The van der Waals surface area contributed by atoms with Gasteiger partial charge in [0, 0.05) is 13.2 Å². The summed E-state index contributed by atoms with van der Waals surface area (Å²) in [4.78, 5) is 12.1. The van der Waals surface area contributed by atoms with Gasteiger partial charge in [0.05, 0.1) is 18.3 Å². The summed E-state index contributed by atoms with van der Waals surface area (Å²) in [5.74, 6) is -0.147. The van der Waals surface area contributed by atoms with Gasteiger partial charge in [-0.25, -0.2) is 4.68 Å². The number of halogens is 1. The van der Waals surface area contributed by atoms with E-state index in [-0.39, 0.29) is 18.3 Å². The van der Waals surface area contributed by atoms with Gasteiger partial charge >= 0.3 is 0 Å². The Morgan fingerprint density at radius 2 is 2.04 bits per heavy atom. The molecule has 1 saturated heterocycles.